The molecule has 0 radical (unpaired) electrons. The first kappa shape index (κ1) is 25.4. The molecule has 198 valence electrons. The van der Waals surface area contributed by atoms with Gasteiger partial charge in [-0.2, -0.15) is 10.1 Å². The number of ether oxygens (including phenoxy) is 3. The van der Waals surface area contributed by atoms with Crippen molar-refractivity contribution in [1.29, 1.82) is 0 Å². The van der Waals surface area contributed by atoms with Crippen molar-refractivity contribution in [3.63, 3.8) is 0 Å². The normalized spacial score (nSPS) is 17.6. The van der Waals surface area contributed by atoms with Gasteiger partial charge in [0.15, 0.2) is 11.5 Å². The van der Waals surface area contributed by atoms with Gasteiger partial charge in [0.25, 0.3) is 5.91 Å². The number of hydrogen-bond acceptors (Lipinski definition) is 6. The Morgan fingerprint density at radius 2 is 1.97 bits per heavy atom. The van der Waals surface area contributed by atoms with Crippen LogP contribution in [0.4, 0.5) is 10.5 Å². The average molecular weight is 517 g/mol. The highest BCUT2D eigenvalue weighted by Crippen LogP contribution is 2.34. The molecule has 9 heteroatoms. The molecule has 0 saturated heterocycles. The Bertz CT molecular complexity index is 1310. The van der Waals surface area contributed by atoms with Gasteiger partial charge in [0.05, 0.1) is 19.8 Å². The minimum atomic E-state index is -0.516. The zero-order valence-electron chi connectivity index (χ0n) is 21.6. The van der Waals surface area contributed by atoms with Crippen molar-refractivity contribution in [1.82, 2.24) is 9.99 Å². The van der Waals surface area contributed by atoms with Crippen LogP contribution in [0.15, 0.2) is 65.9 Å². The van der Waals surface area contributed by atoms with E-state index in [4.69, 9.17) is 19.3 Å². The fourth-order valence-electron chi connectivity index (χ4n) is 4.80. The molecule has 1 atom stereocenters. The number of hydrazone groups is 1. The van der Waals surface area contributed by atoms with E-state index in [1.807, 2.05) is 43.3 Å². The molecule has 2 aromatic carbocycles. The fraction of sp³-hybridized carbons (Fsp3) is 0.345. The SMILES string of the molecule is CCC1OC(=O)N(Cc2cccc(NC(=O)c3ccc[nH]3)c2)N=C1c1ccc(OC)c(OC2CCCC2)c1. The van der Waals surface area contributed by atoms with E-state index in [-0.39, 0.29) is 18.6 Å². The van der Waals surface area contributed by atoms with E-state index >= 15 is 0 Å². The molecule has 1 aliphatic heterocycles. The van der Waals surface area contributed by atoms with E-state index in [0.717, 1.165) is 24.0 Å². The number of nitrogens with one attached hydrogen (secondary N) is 2. The largest absolute Gasteiger partial charge is 0.493 e. The molecule has 9 nitrogen and oxygen atoms in total. The predicted octanol–water partition coefficient (Wildman–Crippen LogP) is 5.73. The molecule has 2 aliphatic rings. The van der Waals surface area contributed by atoms with Gasteiger partial charge in [0, 0.05) is 17.4 Å². The Labute approximate surface area is 221 Å². The number of anilines is 1. The molecule has 2 amide bonds. The van der Waals surface area contributed by atoms with Crippen LogP contribution in [0.5, 0.6) is 11.5 Å². The average Bonchev–Trinajstić information content (AvgIpc) is 3.65. The molecule has 2 heterocycles. The number of methoxy groups -OCH3 is 1. The van der Waals surface area contributed by atoms with Crippen LogP contribution in [-0.4, -0.2) is 47.0 Å². The lowest BCUT2D eigenvalue weighted by atomic mass is 10.0. The van der Waals surface area contributed by atoms with E-state index in [1.165, 1.54) is 17.9 Å². The lowest BCUT2D eigenvalue weighted by Crippen LogP contribution is -2.41. The molecule has 0 bridgehead atoms. The molecule has 1 saturated carbocycles. The second-order valence-corrected chi connectivity index (χ2v) is 9.45. The Morgan fingerprint density at radius 3 is 2.71 bits per heavy atom. The summed E-state index contributed by atoms with van der Waals surface area (Å²) in [6.45, 7) is 2.14. The Kier molecular flexibility index (Phi) is 7.62. The van der Waals surface area contributed by atoms with Crippen LogP contribution in [0, 0.1) is 0 Å². The molecule has 38 heavy (non-hydrogen) atoms. The molecule has 1 fully saturated rings. The van der Waals surface area contributed by atoms with E-state index in [1.54, 1.807) is 31.5 Å². The maximum Gasteiger partial charge on any atom is 0.431 e. The van der Waals surface area contributed by atoms with Crippen molar-refractivity contribution >= 4 is 23.4 Å². The highest BCUT2D eigenvalue weighted by Gasteiger charge is 2.31. The third-order valence-electron chi connectivity index (χ3n) is 6.77. The summed E-state index contributed by atoms with van der Waals surface area (Å²) in [5, 5.41) is 8.91. The summed E-state index contributed by atoms with van der Waals surface area (Å²) in [4.78, 5) is 28.1. The summed E-state index contributed by atoms with van der Waals surface area (Å²) in [5.74, 6) is 1.09. The van der Waals surface area contributed by atoms with Crippen molar-refractivity contribution in [3.8, 4) is 11.5 Å². The zero-order chi connectivity index (χ0) is 26.5. The Morgan fingerprint density at radius 1 is 1.13 bits per heavy atom. The van der Waals surface area contributed by atoms with E-state index in [2.05, 4.69) is 10.3 Å². The highest BCUT2D eigenvalue weighted by atomic mass is 16.6. The number of hydrogen-bond donors (Lipinski definition) is 2. The van der Waals surface area contributed by atoms with Crippen LogP contribution in [0.25, 0.3) is 0 Å². The van der Waals surface area contributed by atoms with Crippen LogP contribution >= 0.6 is 0 Å². The molecule has 5 rings (SSSR count). The standard InChI is InChI=1S/C29H32N4O5/c1-3-24-27(20-13-14-25(36-2)26(17-20)37-22-10-4-5-11-22)32-33(29(35)38-24)18-19-8-6-9-21(16-19)31-28(34)23-12-7-15-30-23/h6-9,12-17,22,24,30H,3-5,10-11,18H2,1-2H3,(H,31,34). The van der Waals surface area contributed by atoms with Gasteiger partial charge in [0.1, 0.15) is 17.5 Å². The maximum absolute atomic E-state index is 12.8. The summed E-state index contributed by atoms with van der Waals surface area (Å²) in [5.41, 5.74) is 3.35. The minimum Gasteiger partial charge on any atom is -0.493 e. The zero-order valence-corrected chi connectivity index (χ0v) is 21.6. The maximum atomic E-state index is 12.8. The first-order chi connectivity index (χ1) is 18.5. The number of cyclic esters (lactones) is 1. The van der Waals surface area contributed by atoms with Crippen molar-refractivity contribution in [2.24, 2.45) is 5.10 Å². The van der Waals surface area contributed by atoms with Gasteiger partial charge >= 0.3 is 6.09 Å². The number of nitrogens with zero attached hydrogens (tertiary/aromatic N) is 2. The molecule has 1 unspecified atom stereocenters. The Balaban J connectivity index is 1.38. The summed E-state index contributed by atoms with van der Waals surface area (Å²) >= 11 is 0. The van der Waals surface area contributed by atoms with Gasteiger partial charge in [-0.15, -0.1) is 0 Å². The number of amides is 2. The summed E-state index contributed by atoms with van der Waals surface area (Å²) < 4.78 is 17.6. The first-order valence-electron chi connectivity index (χ1n) is 13.0. The van der Waals surface area contributed by atoms with Gasteiger partial charge in [-0.3, -0.25) is 4.79 Å². The van der Waals surface area contributed by atoms with Crippen molar-refractivity contribution in [2.45, 2.75) is 57.8 Å². The van der Waals surface area contributed by atoms with Gasteiger partial charge in [0.2, 0.25) is 0 Å². The van der Waals surface area contributed by atoms with Crippen LogP contribution in [0.1, 0.15) is 60.6 Å². The summed E-state index contributed by atoms with van der Waals surface area (Å²) in [7, 11) is 1.63. The molecule has 3 aromatic rings. The molecular formula is C29H32N4O5. The first-order valence-corrected chi connectivity index (χ1v) is 13.0. The second-order valence-electron chi connectivity index (χ2n) is 9.45. The number of carbonyl (C=O) groups excluding carboxylic acids is 2. The molecule has 2 N–H and O–H groups in total. The number of aromatic amines is 1. The van der Waals surface area contributed by atoms with Gasteiger partial charge < -0.3 is 24.5 Å². The number of carbonyl (C=O) groups is 2. The number of benzene rings is 2. The quantitative estimate of drug-likeness (QED) is 0.378. The molecule has 1 aromatic heterocycles. The van der Waals surface area contributed by atoms with Gasteiger partial charge in [-0.1, -0.05) is 19.1 Å². The van der Waals surface area contributed by atoms with Crippen LogP contribution in [0.2, 0.25) is 0 Å². The highest BCUT2D eigenvalue weighted by molar-refractivity contribution is 6.06. The third-order valence-corrected chi connectivity index (χ3v) is 6.77. The molecule has 1 aliphatic carbocycles. The third kappa shape index (κ3) is 5.66. The monoisotopic (exact) mass is 516 g/mol. The van der Waals surface area contributed by atoms with Crippen LogP contribution < -0.4 is 14.8 Å². The number of aromatic nitrogens is 1. The fourth-order valence-corrected chi connectivity index (χ4v) is 4.80. The van der Waals surface area contributed by atoms with Crippen molar-refractivity contribution in [2.75, 3.05) is 12.4 Å². The van der Waals surface area contributed by atoms with E-state index in [9.17, 15) is 9.59 Å². The van der Waals surface area contributed by atoms with E-state index < -0.39 is 12.2 Å². The van der Waals surface area contributed by atoms with Gasteiger partial charge in [-0.25, -0.2) is 4.79 Å². The predicted molar refractivity (Wildman–Crippen MR) is 144 cm³/mol. The van der Waals surface area contributed by atoms with Crippen LogP contribution in [-0.2, 0) is 11.3 Å². The lowest BCUT2D eigenvalue weighted by molar-refractivity contribution is 0.0712. The van der Waals surface area contributed by atoms with Crippen LogP contribution in [0.3, 0.4) is 0 Å². The number of H-pyrrole nitrogens is 1. The summed E-state index contributed by atoms with van der Waals surface area (Å²) in [6, 6.07) is 16.5. The second kappa shape index (κ2) is 11.4. The number of rotatable bonds is 9. The van der Waals surface area contributed by atoms with E-state index in [0.29, 0.717) is 35.0 Å². The molecular weight excluding hydrogens is 484 g/mol. The molecule has 0 spiro atoms. The Hall–Kier alpha value is -4.27. The summed E-state index contributed by atoms with van der Waals surface area (Å²) in [6.07, 6.45) is 5.86. The van der Waals surface area contributed by atoms with Crippen molar-refractivity contribution in [3.05, 3.63) is 77.6 Å². The topological polar surface area (TPSA) is 105 Å². The minimum absolute atomic E-state index is 0.175. The van der Waals surface area contributed by atoms with Gasteiger partial charge in [-0.05, 0) is 80.1 Å². The lowest BCUT2D eigenvalue weighted by Gasteiger charge is -2.29. The van der Waals surface area contributed by atoms with Crippen molar-refractivity contribution < 1.29 is 23.8 Å². The smallest absolute Gasteiger partial charge is 0.431 e.